The predicted molar refractivity (Wildman–Crippen MR) is 52.5 cm³/mol. The Hall–Kier alpha value is -0.450. The molecule has 0 aliphatic heterocycles. The fourth-order valence-corrected chi connectivity index (χ4v) is 1.36. The van der Waals surface area contributed by atoms with Crippen LogP contribution < -0.4 is 11.5 Å². The maximum atomic E-state index is 5.83. The number of hydrogen-bond acceptors (Lipinski definition) is 3. The molecule has 0 aliphatic carbocycles. The predicted octanol–water partition coefficient (Wildman–Crippen LogP) is 1.19. The van der Waals surface area contributed by atoms with Crippen molar-refractivity contribution in [1.82, 2.24) is 4.98 Å². The normalized spacial score (nSPS) is 12.9. The van der Waals surface area contributed by atoms with Gasteiger partial charge in [0.1, 0.15) is 0 Å². The van der Waals surface area contributed by atoms with Gasteiger partial charge in [0.05, 0.1) is 0 Å². The summed E-state index contributed by atoms with van der Waals surface area (Å²) in [6.45, 7) is 0.605. The molecule has 0 aliphatic rings. The van der Waals surface area contributed by atoms with Gasteiger partial charge >= 0.3 is 0 Å². The summed E-state index contributed by atoms with van der Waals surface area (Å²) in [6, 6.07) is 1.97. The second kappa shape index (κ2) is 4.54. The van der Waals surface area contributed by atoms with Crippen LogP contribution in [-0.2, 0) is 0 Å². The third-order valence-electron chi connectivity index (χ3n) is 1.63. The fraction of sp³-hybridized carbons (Fsp3) is 0.375. The largest absolute Gasteiger partial charge is 0.330 e. The maximum Gasteiger partial charge on any atom is 0.0410 e. The summed E-state index contributed by atoms with van der Waals surface area (Å²) in [5.41, 5.74) is 12.2. The average molecular weight is 230 g/mol. The zero-order valence-corrected chi connectivity index (χ0v) is 8.29. The molecule has 0 radical (unpaired) electrons. The van der Waals surface area contributed by atoms with Crippen molar-refractivity contribution in [3.05, 3.63) is 28.5 Å². The number of rotatable bonds is 3. The molecule has 4 N–H and O–H groups in total. The summed E-state index contributed by atoms with van der Waals surface area (Å²) in [4.78, 5) is 4.02. The van der Waals surface area contributed by atoms with E-state index >= 15 is 0 Å². The second-order valence-corrected chi connectivity index (χ2v) is 3.54. The molecule has 4 heteroatoms. The minimum Gasteiger partial charge on any atom is -0.330 e. The lowest BCUT2D eigenvalue weighted by Crippen LogP contribution is -2.15. The Kier molecular flexibility index (Phi) is 3.65. The molecule has 1 atom stereocenters. The highest BCUT2D eigenvalue weighted by molar-refractivity contribution is 9.10. The lowest BCUT2D eigenvalue weighted by molar-refractivity contribution is 0.658. The number of pyridine rings is 1. The zero-order chi connectivity index (χ0) is 8.97. The van der Waals surface area contributed by atoms with Crippen LogP contribution in [0.4, 0.5) is 0 Å². The molecule has 0 unspecified atom stereocenters. The van der Waals surface area contributed by atoms with Crippen molar-refractivity contribution < 1.29 is 0 Å². The highest BCUT2D eigenvalue weighted by Gasteiger charge is 2.04. The molecular formula is C8H12BrN3. The molecule has 0 amide bonds. The molecule has 1 aromatic heterocycles. The van der Waals surface area contributed by atoms with E-state index in [1.807, 2.05) is 6.07 Å². The van der Waals surface area contributed by atoms with E-state index in [2.05, 4.69) is 20.9 Å². The van der Waals surface area contributed by atoms with Crippen LogP contribution in [0.3, 0.4) is 0 Å². The molecule has 12 heavy (non-hydrogen) atoms. The molecule has 0 saturated heterocycles. The fourth-order valence-electron chi connectivity index (χ4n) is 0.977. The van der Waals surface area contributed by atoms with Gasteiger partial charge in [-0.3, -0.25) is 4.98 Å². The van der Waals surface area contributed by atoms with Crippen molar-refractivity contribution >= 4 is 15.9 Å². The minimum atomic E-state index is -0.000000000000000222. The van der Waals surface area contributed by atoms with Crippen LogP contribution in [0.5, 0.6) is 0 Å². The molecule has 3 nitrogen and oxygen atoms in total. The van der Waals surface area contributed by atoms with E-state index in [4.69, 9.17) is 11.5 Å². The third kappa shape index (κ3) is 2.55. The highest BCUT2D eigenvalue weighted by atomic mass is 79.9. The van der Waals surface area contributed by atoms with Crippen molar-refractivity contribution in [3.8, 4) is 0 Å². The molecule has 0 fully saturated rings. The Balaban J connectivity index is 2.73. The van der Waals surface area contributed by atoms with Gasteiger partial charge in [-0.1, -0.05) is 0 Å². The van der Waals surface area contributed by atoms with E-state index in [0.717, 1.165) is 16.5 Å². The van der Waals surface area contributed by atoms with E-state index in [1.54, 1.807) is 12.4 Å². The SMILES string of the molecule is NCC[C@@H](N)c1cncc(Br)c1. The molecule has 1 heterocycles. The van der Waals surface area contributed by atoms with Crippen LogP contribution in [0.15, 0.2) is 22.9 Å². The first-order chi connectivity index (χ1) is 5.74. The van der Waals surface area contributed by atoms with Gasteiger partial charge in [-0.15, -0.1) is 0 Å². The summed E-state index contributed by atoms with van der Waals surface area (Å²) in [7, 11) is 0. The molecule has 0 bridgehead atoms. The summed E-state index contributed by atoms with van der Waals surface area (Å²) in [5.74, 6) is 0. The monoisotopic (exact) mass is 229 g/mol. The Morgan fingerprint density at radius 3 is 2.83 bits per heavy atom. The van der Waals surface area contributed by atoms with Crippen molar-refractivity contribution in [2.45, 2.75) is 12.5 Å². The summed E-state index contributed by atoms with van der Waals surface area (Å²) < 4.78 is 0.951. The van der Waals surface area contributed by atoms with Gasteiger partial charge in [-0.25, -0.2) is 0 Å². The summed E-state index contributed by atoms with van der Waals surface area (Å²) in [6.07, 6.45) is 4.29. The van der Waals surface area contributed by atoms with Gasteiger partial charge in [0.2, 0.25) is 0 Å². The minimum absolute atomic E-state index is 0.000000000000000222. The quantitative estimate of drug-likeness (QED) is 0.819. The number of halogens is 1. The van der Waals surface area contributed by atoms with Crippen molar-refractivity contribution in [3.63, 3.8) is 0 Å². The molecule has 0 saturated carbocycles. The maximum absolute atomic E-state index is 5.83. The first kappa shape index (κ1) is 9.64. The van der Waals surface area contributed by atoms with E-state index in [0.29, 0.717) is 6.54 Å². The summed E-state index contributed by atoms with van der Waals surface area (Å²) >= 11 is 3.33. The van der Waals surface area contributed by atoms with Crippen LogP contribution in [0, 0.1) is 0 Å². The second-order valence-electron chi connectivity index (χ2n) is 2.62. The van der Waals surface area contributed by atoms with Gasteiger partial charge in [-0.2, -0.15) is 0 Å². The van der Waals surface area contributed by atoms with E-state index in [1.165, 1.54) is 0 Å². The van der Waals surface area contributed by atoms with E-state index < -0.39 is 0 Å². The molecule has 1 aromatic rings. The van der Waals surface area contributed by atoms with Gasteiger partial charge in [0, 0.05) is 22.9 Å². The Bertz CT molecular complexity index is 252. The standard InChI is InChI=1S/C8H12BrN3/c9-7-3-6(4-12-5-7)8(11)1-2-10/h3-5,8H,1-2,10-11H2/t8-/m1/s1. The highest BCUT2D eigenvalue weighted by Crippen LogP contribution is 2.16. The van der Waals surface area contributed by atoms with Gasteiger partial charge in [-0.05, 0) is 40.5 Å². The lowest BCUT2D eigenvalue weighted by Gasteiger charge is -2.09. The van der Waals surface area contributed by atoms with Crippen LogP contribution in [0.1, 0.15) is 18.0 Å². The molecular weight excluding hydrogens is 218 g/mol. The van der Waals surface area contributed by atoms with E-state index in [-0.39, 0.29) is 6.04 Å². The Labute approximate surface area is 80.3 Å². The molecule has 0 aromatic carbocycles. The zero-order valence-electron chi connectivity index (χ0n) is 6.70. The third-order valence-corrected chi connectivity index (χ3v) is 2.07. The van der Waals surface area contributed by atoms with Gasteiger partial charge < -0.3 is 11.5 Å². The smallest absolute Gasteiger partial charge is 0.0410 e. The molecule has 0 spiro atoms. The number of hydrogen-bond donors (Lipinski definition) is 2. The van der Waals surface area contributed by atoms with Crippen LogP contribution in [-0.4, -0.2) is 11.5 Å². The van der Waals surface area contributed by atoms with Crippen molar-refractivity contribution in [2.24, 2.45) is 11.5 Å². The molecule has 66 valence electrons. The topological polar surface area (TPSA) is 64.9 Å². The number of aromatic nitrogens is 1. The first-order valence-corrected chi connectivity index (χ1v) is 4.59. The average Bonchev–Trinajstić information content (AvgIpc) is 2.05. The van der Waals surface area contributed by atoms with E-state index in [9.17, 15) is 0 Å². The van der Waals surface area contributed by atoms with Crippen molar-refractivity contribution in [1.29, 1.82) is 0 Å². The molecule has 1 rings (SSSR count). The van der Waals surface area contributed by atoms with Gasteiger partial charge in [0.15, 0.2) is 0 Å². The van der Waals surface area contributed by atoms with Crippen LogP contribution in [0.25, 0.3) is 0 Å². The Morgan fingerprint density at radius 2 is 2.25 bits per heavy atom. The summed E-state index contributed by atoms with van der Waals surface area (Å²) in [5, 5.41) is 0. The van der Waals surface area contributed by atoms with Crippen molar-refractivity contribution in [2.75, 3.05) is 6.54 Å². The number of nitrogens with zero attached hydrogens (tertiary/aromatic N) is 1. The van der Waals surface area contributed by atoms with Crippen LogP contribution in [0.2, 0.25) is 0 Å². The lowest BCUT2D eigenvalue weighted by atomic mass is 10.1. The Morgan fingerprint density at radius 1 is 1.50 bits per heavy atom. The first-order valence-electron chi connectivity index (χ1n) is 3.80. The van der Waals surface area contributed by atoms with Gasteiger partial charge in [0.25, 0.3) is 0 Å². The van der Waals surface area contributed by atoms with Crippen LogP contribution >= 0.6 is 15.9 Å². The number of nitrogens with two attached hydrogens (primary N) is 2.